The number of hydrogen-bond donors (Lipinski definition) is 2. The average Bonchev–Trinajstić information content (AvgIpc) is 3.71. The van der Waals surface area contributed by atoms with E-state index >= 15 is 0 Å². The predicted molar refractivity (Wildman–Crippen MR) is 168 cm³/mol. The van der Waals surface area contributed by atoms with Gasteiger partial charge in [-0.25, -0.2) is 0 Å². The second kappa shape index (κ2) is 12.9. The van der Waals surface area contributed by atoms with Gasteiger partial charge in [-0.15, -0.1) is 0 Å². The molecule has 10 nitrogen and oxygen atoms in total. The largest absolute Gasteiger partial charge is 0.457 e. The number of rotatable bonds is 10. The van der Waals surface area contributed by atoms with Crippen molar-refractivity contribution in [2.45, 2.75) is 62.3 Å². The molecule has 3 amide bonds. The molecule has 5 unspecified atom stereocenters. The summed E-state index contributed by atoms with van der Waals surface area (Å²) in [5.74, 6) is -0.779. The first kappa shape index (κ1) is 30.0. The fraction of sp³-hybridized carbons (Fsp3) is 0.514. The number of nitrogens with zero attached hydrogens (tertiary/aromatic N) is 2. The molecule has 3 saturated heterocycles. The van der Waals surface area contributed by atoms with Gasteiger partial charge in [-0.2, -0.15) is 0 Å². The fourth-order valence-corrected chi connectivity index (χ4v) is 7.78. The molecule has 4 aliphatic heterocycles. The minimum Gasteiger partial charge on any atom is -0.457 e. The molecule has 2 bridgehead atoms. The maximum Gasteiger partial charge on any atom is 0.246 e. The van der Waals surface area contributed by atoms with E-state index in [4.69, 9.17) is 14.2 Å². The first-order valence-electron chi connectivity index (χ1n) is 16.4. The molecule has 7 rings (SSSR count). The van der Waals surface area contributed by atoms with E-state index in [1.807, 2.05) is 42.5 Å². The first-order chi connectivity index (χ1) is 22.0. The molecule has 1 spiro atoms. The van der Waals surface area contributed by atoms with Crippen molar-refractivity contribution in [1.82, 2.24) is 15.1 Å². The number of carbonyl (C=O) groups is 3. The Kier molecular flexibility index (Phi) is 8.61. The number of nitrogens with one attached hydrogen (secondary N) is 2. The van der Waals surface area contributed by atoms with E-state index in [0.29, 0.717) is 31.2 Å². The average molecular weight is 615 g/mol. The van der Waals surface area contributed by atoms with Crippen LogP contribution in [0.5, 0.6) is 11.5 Å². The van der Waals surface area contributed by atoms with Crippen molar-refractivity contribution in [3.63, 3.8) is 0 Å². The number of likely N-dealkylation sites (tertiary alicyclic amines) is 1. The molecular weight excluding hydrogens is 572 g/mol. The van der Waals surface area contributed by atoms with E-state index < -0.39 is 29.6 Å². The maximum atomic E-state index is 14.2. The molecular formula is C35H42N4O6. The van der Waals surface area contributed by atoms with Crippen LogP contribution < -0.4 is 15.4 Å². The summed E-state index contributed by atoms with van der Waals surface area (Å²) in [6.45, 7) is 4.38. The number of amides is 3. The van der Waals surface area contributed by atoms with Crippen molar-refractivity contribution < 1.29 is 28.6 Å². The minimum absolute atomic E-state index is 0.0996. The number of hydrogen-bond acceptors (Lipinski definition) is 7. The van der Waals surface area contributed by atoms with Crippen LogP contribution in [0.1, 0.15) is 38.5 Å². The molecule has 4 fully saturated rings. The van der Waals surface area contributed by atoms with Gasteiger partial charge in [0.1, 0.15) is 23.1 Å². The van der Waals surface area contributed by atoms with Gasteiger partial charge in [-0.05, 0) is 55.7 Å². The third kappa shape index (κ3) is 5.98. The first-order valence-corrected chi connectivity index (χ1v) is 16.4. The highest BCUT2D eigenvalue weighted by Crippen LogP contribution is 2.55. The lowest BCUT2D eigenvalue weighted by atomic mass is 9.74. The highest BCUT2D eigenvalue weighted by atomic mass is 16.5. The van der Waals surface area contributed by atoms with Gasteiger partial charge in [0.05, 0.1) is 31.2 Å². The van der Waals surface area contributed by atoms with Crippen LogP contribution in [0, 0.1) is 11.8 Å². The third-order valence-corrected chi connectivity index (χ3v) is 9.95. The second-order valence-corrected chi connectivity index (χ2v) is 12.8. The zero-order valence-electron chi connectivity index (χ0n) is 25.6. The number of anilines is 1. The molecule has 0 radical (unpaired) electrons. The van der Waals surface area contributed by atoms with Crippen molar-refractivity contribution in [3.05, 3.63) is 66.7 Å². The molecule has 0 aromatic heterocycles. The molecule has 238 valence electrons. The standard InChI is InChI=1S/C35H42N4O6/c40-32(36-25-12-14-27(15-13-25)44-26-10-5-2-6-11-26)29-28-16-17-35(45-28)30(29)34(42)39(19-7-18-38-20-22-43-23-21-38)31(35)33(41)37-24-8-3-1-4-9-24/h2,5-6,10-17,24,28-31H,1,3-4,7-9,18-23H2,(H,36,40)(H,37,41). The van der Waals surface area contributed by atoms with E-state index in [1.54, 1.807) is 29.2 Å². The van der Waals surface area contributed by atoms with Crippen molar-refractivity contribution in [3.8, 4) is 11.5 Å². The van der Waals surface area contributed by atoms with Crippen LogP contribution in [0.15, 0.2) is 66.7 Å². The molecule has 2 N–H and O–H groups in total. The minimum atomic E-state index is -1.16. The smallest absolute Gasteiger partial charge is 0.246 e. The number of fused-ring (bicyclic) bond motifs is 1. The molecule has 5 aliphatic rings. The Balaban J connectivity index is 1.08. The van der Waals surface area contributed by atoms with Crippen LogP contribution in [0.4, 0.5) is 5.69 Å². The summed E-state index contributed by atoms with van der Waals surface area (Å²) in [7, 11) is 0. The summed E-state index contributed by atoms with van der Waals surface area (Å²) in [5, 5.41) is 6.26. The highest BCUT2D eigenvalue weighted by molar-refractivity contribution is 6.02. The predicted octanol–water partition coefficient (Wildman–Crippen LogP) is 3.74. The quantitative estimate of drug-likeness (QED) is 0.393. The Labute approximate surface area is 264 Å². The van der Waals surface area contributed by atoms with E-state index in [0.717, 1.165) is 57.5 Å². The number of para-hydroxylation sites is 1. The van der Waals surface area contributed by atoms with Crippen LogP contribution >= 0.6 is 0 Å². The summed E-state index contributed by atoms with van der Waals surface area (Å²) < 4.78 is 17.9. The van der Waals surface area contributed by atoms with Crippen LogP contribution in [0.2, 0.25) is 0 Å². The number of carbonyl (C=O) groups excluding carboxylic acids is 3. The summed E-state index contributed by atoms with van der Waals surface area (Å²) in [6.07, 6.45) is 9.15. The zero-order valence-corrected chi connectivity index (χ0v) is 25.6. The van der Waals surface area contributed by atoms with Crippen LogP contribution in [-0.2, 0) is 23.9 Å². The normalized spacial score (nSPS) is 29.5. The second-order valence-electron chi connectivity index (χ2n) is 12.8. The SMILES string of the molecule is O=C(Nc1ccc(Oc2ccccc2)cc1)C1C2C=CC3(O2)C1C(=O)N(CCCN1CCOCC1)C3C(=O)NC1CCCCC1. The molecule has 1 saturated carbocycles. The van der Waals surface area contributed by atoms with Gasteiger partial charge in [0.2, 0.25) is 17.7 Å². The Bertz CT molecular complexity index is 1400. The van der Waals surface area contributed by atoms with Crippen LogP contribution in [-0.4, -0.2) is 90.7 Å². The third-order valence-electron chi connectivity index (χ3n) is 9.95. The van der Waals surface area contributed by atoms with Gasteiger partial charge in [0, 0.05) is 37.9 Å². The van der Waals surface area contributed by atoms with Crippen LogP contribution in [0.25, 0.3) is 0 Å². The fourth-order valence-electron chi connectivity index (χ4n) is 7.78. The highest BCUT2D eigenvalue weighted by Gasteiger charge is 2.72. The molecule has 1 aliphatic carbocycles. The van der Waals surface area contributed by atoms with Gasteiger partial charge in [-0.1, -0.05) is 49.6 Å². The van der Waals surface area contributed by atoms with Crippen molar-refractivity contribution >= 4 is 23.4 Å². The van der Waals surface area contributed by atoms with Gasteiger partial charge in [0.15, 0.2) is 0 Å². The lowest BCUT2D eigenvalue weighted by Crippen LogP contribution is -2.56. The molecule has 45 heavy (non-hydrogen) atoms. The molecule has 4 heterocycles. The van der Waals surface area contributed by atoms with E-state index in [-0.39, 0.29) is 23.8 Å². The van der Waals surface area contributed by atoms with Gasteiger partial charge in [0.25, 0.3) is 0 Å². The molecule has 10 heteroatoms. The van der Waals surface area contributed by atoms with Gasteiger partial charge in [-0.3, -0.25) is 19.3 Å². The maximum absolute atomic E-state index is 14.2. The number of morpholine rings is 1. The summed E-state index contributed by atoms with van der Waals surface area (Å²) >= 11 is 0. The summed E-state index contributed by atoms with van der Waals surface area (Å²) in [4.78, 5) is 46.1. The Morgan fingerprint density at radius 3 is 2.40 bits per heavy atom. The molecule has 2 aromatic carbocycles. The van der Waals surface area contributed by atoms with Crippen LogP contribution in [0.3, 0.4) is 0 Å². The van der Waals surface area contributed by atoms with Crippen molar-refractivity contribution in [2.24, 2.45) is 11.8 Å². The topological polar surface area (TPSA) is 109 Å². The van der Waals surface area contributed by atoms with Gasteiger partial charge >= 0.3 is 0 Å². The lowest BCUT2D eigenvalue weighted by Gasteiger charge is -2.34. The zero-order chi connectivity index (χ0) is 30.8. The van der Waals surface area contributed by atoms with Gasteiger partial charge < -0.3 is 29.7 Å². The van der Waals surface area contributed by atoms with Crippen molar-refractivity contribution in [2.75, 3.05) is 44.7 Å². The molecule has 5 atom stereocenters. The Morgan fingerprint density at radius 2 is 1.64 bits per heavy atom. The monoisotopic (exact) mass is 614 g/mol. The summed E-state index contributed by atoms with van der Waals surface area (Å²) in [6, 6.07) is 15.9. The lowest BCUT2D eigenvalue weighted by molar-refractivity contribution is -0.141. The number of benzene rings is 2. The Hall–Kier alpha value is -3.73. The Morgan fingerprint density at radius 1 is 0.911 bits per heavy atom. The number of ether oxygens (including phenoxy) is 3. The molecule has 2 aromatic rings. The van der Waals surface area contributed by atoms with E-state index in [2.05, 4.69) is 15.5 Å². The van der Waals surface area contributed by atoms with E-state index in [9.17, 15) is 14.4 Å². The van der Waals surface area contributed by atoms with E-state index in [1.165, 1.54) is 6.42 Å². The van der Waals surface area contributed by atoms with Crippen molar-refractivity contribution in [1.29, 1.82) is 0 Å². The summed E-state index contributed by atoms with van der Waals surface area (Å²) in [5.41, 5.74) is -0.560.